The van der Waals surface area contributed by atoms with Crippen molar-refractivity contribution in [3.63, 3.8) is 0 Å². The second-order valence-electron chi connectivity index (χ2n) is 27.1. The topological polar surface area (TPSA) is 114 Å². The number of quaternary nitrogens is 1. The van der Waals surface area contributed by atoms with E-state index < -0.39 is 20.0 Å². The van der Waals surface area contributed by atoms with Crippen LogP contribution in [0.2, 0.25) is 0 Å². The first-order chi connectivity index (χ1) is 41.9. The van der Waals surface area contributed by atoms with Gasteiger partial charge in [-0.2, -0.15) is 0 Å². The van der Waals surface area contributed by atoms with Crippen LogP contribution in [0.5, 0.6) is 0 Å². The molecule has 0 aromatic heterocycles. The first kappa shape index (κ1) is 84.2. The van der Waals surface area contributed by atoms with E-state index in [1.54, 1.807) is 0 Å². The van der Waals surface area contributed by atoms with Crippen LogP contribution in [0.1, 0.15) is 387 Å². The monoisotopic (exact) mass is 1230 g/mol. The summed E-state index contributed by atoms with van der Waals surface area (Å²) in [4.78, 5) is 40.2. The van der Waals surface area contributed by atoms with Gasteiger partial charge in [-0.05, 0) is 83.1 Å². The Bertz CT molecular complexity index is 1560. The summed E-state index contributed by atoms with van der Waals surface area (Å²) in [6, 6.07) is -0.886. The van der Waals surface area contributed by atoms with Gasteiger partial charge in [-0.1, -0.05) is 327 Å². The summed E-state index contributed by atoms with van der Waals surface area (Å²) in [5.74, 6) is -0.520. The fraction of sp³-hybridized carbons (Fsp3) is 0.895. The summed E-state index contributed by atoms with van der Waals surface area (Å²) in [6.07, 6.45) is 82.8. The van der Waals surface area contributed by atoms with E-state index in [0.29, 0.717) is 17.4 Å². The molecule has 0 bridgehead atoms. The molecule has 10 heteroatoms. The molecule has 0 aromatic rings. The Balaban J connectivity index is 4.95. The normalized spacial score (nSPS) is 13.6. The highest BCUT2D eigenvalue weighted by Crippen LogP contribution is 2.38. The molecule has 86 heavy (non-hydrogen) atoms. The molecule has 1 amide bonds. The molecule has 0 aliphatic carbocycles. The molecule has 3 atom stereocenters. The van der Waals surface area contributed by atoms with Crippen molar-refractivity contribution in [3.05, 3.63) is 36.5 Å². The van der Waals surface area contributed by atoms with Crippen molar-refractivity contribution >= 4 is 19.7 Å². The molecule has 1 N–H and O–H groups in total. The van der Waals surface area contributed by atoms with Gasteiger partial charge >= 0.3 is 5.97 Å². The summed E-state index contributed by atoms with van der Waals surface area (Å²) in [6.45, 7) is 6.90. The fourth-order valence-electron chi connectivity index (χ4n) is 11.5. The second-order valence-corrected chi connectivity index (χ2v) is 28.6. The van der Waals surface area contributed by atoms with Crippen molar-refractivity contribution in [3.8, 4) is 0 Å². The van der Waals surface area contributed by atoms with Crippen LogP contribution in [0.4, 0.5) is 0 Å². The van der Waals surface area contributed by atoms with E-state index in [1.165, 1.54) is 295 Å². The van der Waals surface area contributed by atoms with Crippen LogP contribution in [-0.4, -0.2) is 69.4 Å². The maximum Gasteiger partial charge on any atom is 0.306 e. The first-order valence-corrected chi connectivity index (χ1v) is 39.3. The van der Waals surface area contributed by atoms with E-state index in [2.05, 4.69) is 50.4 Å². The van der Waals surface area contributed by atoms with Gasteiger partial charge in [0.1, 0.15) is 19.3 Å². The zero-order chi connectivity index (χ0) is 62.8. The zero-order valence-electron chi connectivity index (χ0n) is 58.3. The number of nitrogens with zero attached hydrogens (tertiary/aromatic N) is 1. The molecule has 0 aliphatic heterocycles. The predicted octanol–water partition coefficient (Wildman–Crippen LogP) is 23.6. The molecule has 9 nitrogen and oxygen atoms in total. The number of hydrogen-bond donors (Lipinski definition) is 1. The number of nitrogens with one attached hydrogen (secondary N) is 1. The Hall–Kier alpha value is -1.77. The fourth-order valence-corrected chi connectivity index (χ4v) is 12.2. The van der Waals surface area contributed by atoms with Gasteiger partial charge in [0.2, 0.25) is 5.91 Å². The standard InChI is InChI=1S/C76H147N2O7P/c1-7-10-13-16-19-22-25-28-30-32-34-36-37-38-39-40-41-43-44-46-48-50-53-56-59-62-65-68-75(79)77-73(72-84-86(81,82)83-71-70-78(4,5)6)74(67-64-61-58-55-52-27-24-21-18-15-12-9-3)85-76(80)69-66-63-60-57-54-51-49-47-45-42-35-33-31-29-26-23-20-17-14-11-8-2/h28-31,64,67,73-74H,7-27,32-63,65-66,68-72H2,1-6H3,(H-,77,79,81,82)/b30-28+,31-29+,67-64-. The average molecular weight is 1230 g/mol. The van der Waals surface area contributed by atoms with E-state index in [4.69, 9.17) is 13.8 Å². The minimum Gasteiger partial charge on any atom is -0.756 e. The maximum atomic E-state index is 13.6. The molecule has 0 aromatic carbocycles. The third kappa shape index (κ3) is 66.6. The van der Waals surface area contributed by atoms with Gasteiger partial charge in [0, 0.05) is 12.8 Å². The van der Waals surface area contributed by atoms with Gasteiger partial charge < -0.3 is 28.5 Å². The van der Waals surface area contributed by atoms with Crippen LogP contribution >= 0.6 is 7.82 Å². The molecule has 0 saturated heterocycles. The SMILES string of the molecule is CCCCCCCC/C=C/CCCCCCCCCCCCCCCCCCCC(=O)NC(COP(=O)([O-])OCC[N+](C)(C)C)C(/C=C\CCCCCCCCCCCC)OC(=O)CCCCCCCCCCCCC/C=C/CCCCCCCC. The lowest BCUT2D eigenvalue weighted by molar-refractivity contribution is -0.870. The summed E-state index contributed by atoms with van der Waals surface area (Å²) in [5.41, 5.74) is 0. The number of likely N-dealkylation sites (N-methyl/N-ethyl adjacent to an activating group) is 1. The molecule has 0 fully saturated rings. The predicted molar refractivity (Wildman–Crippen MR) is 372 cm³/mol. The summed E-state index contributed by atoms with van der Waals surface area (Å²) < 4.78 is 30.5. The molecule has 0 heterocycles. The van der Waals surface area contributed by atoms with Crippen molar-refractivity contribution < 1.29 is 37.3 Å². The zero-order valence-corrected chi connectivity index (χ0v) is 59.2. The highest BCUT2D eigenvalue weighted by molar-refractivity contribution is 7.45. The van der Waals surface area contributed by atoms with Crippen LogP contribution in [0, 0.1) is 0 Å². The molecule has 0 spiro atoms. The van der Waals surface area contributed by atoms with Crippen LogP contribution in [-0.2, 0) is 27.9 Å². The van der Waals surface area contributed by atoms with E-state index >= 15 is 0 Å². The van der Waals surface area contributed by atoms with Crippen molar-refractivity contribution in [2.75, 3.05) is 40.9 Å². The maximum absolute atomic E-state index is 13.6. The number of rotatable bonds is 70. The summed E-state index contributed by atoms with van der Waals surface area (Å²) in [7, 11) is 1.20. The first-order valence-electron chi connectivity index (χ1n) is 37.8. The number of ether oxygens (including phenoxy) is 1. The number of phosphoric ester groups is 1. The number of carbonyl (C=O) groups is 2. The van der Waals surface area contributed by atoms with Crippen molar-refractivity contribution in [1.29, 1.82) is 0 Å². The molecular weight excluding hydrogens is 1080 g/mol. The quantitative estimate of drug-likeness (QED) is 0.0212. The lowest BCUT2D eigenvalue weighted by Gasteiger charge is -2.30. The number of carbonyl (C=O) groups excluding carboxylic acids is 2. The van der Waals surface area contributed by atoms with Crippen LogP contribution in [0.3, 0.4) is 0 Å². The molecule has 0 radical (unpaired) electrons. The number of phosphoric acid groups is 1. The lowest BCUT2D eigenvalue weighted by Crippen LogP contribution is -2.47. The third-order valence-corrected chi connectivity index (χ3v) is 18.3. The molecule has 0 aliphatic rings. The minimum absolute atomic E-state index is 0.0193. The highest BCUT2D eigenvalue weighted by atomic mass is 31.2. The Morgan fingerprint density at radius 2 is 0.674 bits per heavy atom. The van der Waals surface area contributed by atoms with Crippen LogP contribution < -0.4 is 10.2 Å². The number of amides is 1. The number of unbranched alkanes of at least 4 members (excludes halogenated alkanes) is 50. The molecule has 0 rings (SSSR count). The number of allylic oxidation sites excluding steroid dienone is 5. The molecular formula is C76H147N2O7P. The number of hydrogen-bond acceptors (Lipinski definition) is 7. The Kier molecular flexibility index (Phi) is 64.8. The van der Waals surface area contributed by atoms with Crippen molar-refractivity contribution in [2.24, 2.45) is 0 Å². The molecule has 0 saturated carbocycles. The third-order valence-electron chi connectivity index (χ3n) is 17.3. The van der Waals surface area contributed by atoms with Gasteiger partial charge in [0.25, 0.3) is 7.82 Å². The smallest absolute Gasteiger partial charge is 0.306 e. The Morgan fingerprint density at radius 1 is 0.395 bits per heavy atom. The van der Waals surface area contributed by atoms with Crippen molar-refractivity contribution in [2.45, 2.75) is 399 Å². The Morgan fingerprint density at radius 3 is 0.988 bits per heavy atom. The minimum atomic E-state index is -4.70. The highest BCUT2D eigenvalue weighted by Gasteiger charge is 2.27. The van der Waals surface area contributed by atoms with E-state index in [0.717, 1.165) is 57.8 Å². The van der Waals surface area contributed by atoms with Gasteiger partial charge in [0.15, 0.2) is 0 Å². The van der Waals surface area contributed by atoms with Gasteiger partial charge in [-0.15, -0.1) is 0 Å². The van der Waals surface area contributed by atoms with Crippen molar-refractivity contribution in [1.82, 2.24) is 5.32 Å². The largest absolute Gasteiger partial charge is 0.756 e. The van der Waals surface area contributed by atoms with E-state index in [9.17, 15) is 19.0 Å². The van der Waals surface area contributed by atoms with Gasteiger partial charge in [-0.25, -0.2) is 0 Å². The van der Waals surface area contributed by atoms with Gasteiger partial charge in [-0.3, -0.25) is 14.2 Å². The number of esters is 1. The van der Waals surface area contributed by atoms with E-state index in [-0.39, 0.29) is 31.5 Å². The Labute approximate surface area is 536 Å². The van der Waals surface area contributed by atoms with E-state index in [1.807, 2.05) is 33.3 Å². The van der Waals surface area contributed by atoms with Crippen LogP contribution in [0.15, 0.2) is 36.5 Å². The van der Waals surface area contributed by atoms with Gasteiger partial charge in [0.05, 0.1) is 33.8 Å². The van der Waals surface area contributed by atoms with Crippen LogP contribution in [0.25, 0.3) is 0 Å². The summed E-state index contributed by atoms with van der Waals surface area (Å²) in [5, 5.41) is 3.05. The average Bonchev–Trinajstić information content (AvgIpc) is 3.67. The second kappa shape index (κ2) is 66.2. The lowest BCUT2D eigenvalue weighted by atomic mass is 10.0. The summed E-state index contributed by atoms with van der Waals surface area (Å²) >= 11 is 0. The molecule has 3 unspecified atom stereocenters. The molecule has 508 valence electrons.